The number of carbonyl (C=O) groups is 1. The first-order valence-electron chi connectivity index (χ1n) is 6.10. The molecule has 0 bridgehead atoms. The predicted molar refractivity (Wildman–Crippen MR) is 77.7 cm³/mol. The van der Waals surface area contributed by atoms with Crippen LogP contribution in [-0.4, -0.2) is 35.7 Å². The minimum absolute atomic E-state index is 0.0582. The third-order valence-corrected chi connectivity index (χ3v) is 3.37. The first-order valence-corrected chi connectivity index (χ1v) is 6.86. The standard InChI is InChI=1S/C13H18Cl2N2O2/c1-3-17(6-7-18)13(19)16-9(2)11-5-4-10(14)8-12(11)15/h4-5,8-9,18H,3,6-7H2,1-2H3,(H,16,19)/t9-/m0/s1. The van der Waals surface area contributed by atoms with Gasteiger partial charge in [0.1, 0.15) is 0 Å². The molecule has 0 aliphatic heterocycles. The second-order valence-electron chi connectivity index (χ2n) is 4.14. The topological polar surface area (TPSA) is 52.6 Å². The van der Waals surface area contributed by atoms with Crippen LogP contribution in [0.4, 0.5) is 4.79 Å². The van der Waals surface area contributed by atoms with E-state index in [-0.39, 0.29) is 18.7 Å². The van der Waals surface area contributed by atoms with Gasteiger partial charge in [0.15, 0.2) is 0 Å². The normalized spacial score (nSPS) is 12.1. The minimum atomic E-state index is -0.231. The zero-order valence-electron chi connectivity index (χ0n) is 11.0. The number of hydrogen-bond acceptors (Lipinski definition) is 2. The van der Waals surface area contributed by atoms with Crippen molar-refractivity contribution in [3.05, 3.63) is 33.8 Å². The molecular formula is C13H18Cl2N2O2. The molecule has 0 aliphatic rings. The van der Waals surface area contributed by atoms with Gasteiger partial charge in [-0.2, -0.15) is 0 Å². The SMILES string of the molecule is CCN(CCO)C(=O)N[C@@H](C)c1ccc(Cl)cc1Cl. The molecule has 0 spiro atoms. The van der Waals surface area contributed by atoms with Crippen LogP contribution in [0.1, 0.15) is 25.5 Å². The lowest BCUT2D eigenvalue weighted by Gasteiger charge is -2.23. The Morgan fingerprint density at radius 1 is 1.47 bits per heavy atom. The van der Waals surface area contributed by atoms with Gasteiger partial charge in [0.05, 0.1) is 12.6 Å². The van der Waals surface area contributed by atoms with Gasteiger partial charge in [0.2, 0.25) is 0 Å². The number of likely N-dealkylation sites (N-methyl/N-ethyl adjacent to an activating group) is 1. The number of amides is 2. The summed E-state index contributed by atoms with van der Waals surface area (Å²) in [7, 11) is 0. The summed E-state index contributed by atoms with van der Waals surface area (Å²) in [6.45, 7) is 4.49. The summed E-state index contributed by atoms with van der Waals surface area (Å²) in [4.78, 5) is 13.5. The van der Waals surface area contributed by atoms with Gasteiger partial charge in [-0.15, -0.1) is 0 Å². The second-order valence-corrected chi connectivity index (χ2v) is 4.98. The number of nitrogens with one attached hydrogen (secondary N) is 1. The molecule has 2 amide bonds. The quantitative estimate of drug-likeness (QED) is 0.878. The van der Waals surface area contributed by atoms with Crippen molar-refractivity contribution in [2.24, 2.45) is 0 Å². The van der Waals surface area contributed by atoms with Gasteiger partial charge in [0, 0.05) is 23.1 Å². The zero-order valence-corrected chi connectivity index (χ0v) is 12.5. The lowest BCUT2D eigenvalue weighted by atomic mass is 10.1. The van der Waals surface area contributed by atoms with Gasteiger partial charge >= 0.3 is 6.03 Å². The van der Waals surface area contributed by atoms with E-state index in [4.69, 9.17) is 28.3 Å². The van der Waals surface area contributed by atoms with Crippen molar-refractivity contribution in [3.63, 3.8) is 0 Å². The van der Waals surface area contributed by atoms with E-state index in [9.17, 15) is 4.79 Å². The number of urea groups is 1. The van der Waals surface area contributed by atoms with E-state index >= 15 is 0 Å². The molecule has 0 heterocycles. The lowest BCUT2D eigenvalue weighted by Crippen LogP contribution is -2.42. The van der Waals surface area contributed by atoms with Crippen molar-refractivity contribution in [2.75, 3.05) is 19.7 Å². The number of benzene rings is 1. The molecule has 1 aromatic rings. The number of nitrogens with zero attached hydrogens (tertiary/aromatic N) is 1. The van der Waals surface area contributed by atoms with Gasteiger partial charge in [-0.25, -0.2) is 4.79 Å². The summed E-state index contributed by atoms with van der Waals surface area (Å²) in [5.41, 5.74) is 0.805. The highest BCUT2D eigenvalue weighted by Gasteiger charge is 2.16. The highest BCUT2D eigenvalue weighted by molar-refractivity contribution is 6.35. The molecule has 1 rings (SSSR count). The highest BCUT2D eigenvalue weighted by Crippen LogP contribution is 2.26. The third-order valence-electron chi connectivity index (χ3n) is 2.81. The van der Waals surface area contributed by atoms with Crippen LogP contribution in [0.5, 0.6) is 0 Å². The molecule has 6 heteroatoms. The Balaban J connectivity index is 2.73. The average molecular weight is 305 g/mol. The monoisotopic (exact) mass is 304 g/mol. The molecule has 106 valence electrons. The van der Waals surface area contributed by atoms with Gasteiger partial charge in [-0.1, -0.05) is 29.3 Å². The molecule has 19 heavy (non-hydrogen) atoms. The molecule has 0 saturated heterocycles. The maximum atomic E-state index is 12.0. The summed E-state index contributed by atoms with van der Waals surface area (Å²) < 4.78 is 0. The predicted octanol–water partition coefficient (Wildman–Crippen LogP) is 3.08. The van der Waals surface area contributed by atoms with Gasteiger partial charge in [0.25, 0.3) is 0 Å². The fourth-order valence-corrected chi connectivity index (χ4v) is 2.30. The fraction of sp³-hybridized carbons (Fsp3) is 0.462. The second kappa shape index (κ2) is 7.58. The molecule has 1 aromatic carbocycles. The number of rotatable bonds is 5. The summed E-state index contributed by atoms with van der Waals surface area (Å²) in [6, 6.07) is 4.71. The van der Waals surface area contributed by atoms with Crippen LogP contribution in [0, 0.1) is 0 Å². The van der Waals surface area contributed by atoms with Gasteiger partial charge in [-0.05, 0) is 31.5 Å². The van der Waals surface area contributed by atoms with E-state index in [1.54, 1.807) is 18.2 Å². The molecule has 1 atom stereocenters. The Morgan fingerprint density at radius 3 is 2.68 bits per heavy atom. The molecule has 2 N–H and O–H groups in total. The lowest BCUT2D eigenvalue weighted by molar-refractivity contribution is 0.178. The molecular weight excluding hydrogens is 287 g/mol. The number of aliphatic hydroxyl groups excluding tert-OH is 1. The maximum Gasteiger partial charge on any atom is 0.317 e. The number of aliphatic hydroxyl groups is 1. The number of carbonyl (C=O) groups excluding carboxylic acids is 1. The van der Waals surface area contributed by atoms with Gasteiger partial charge < -0.3 is 15.3 Å². The number of hydrogen-bond donors (Lipinski definition) is 2. The Kier molecular flexibility index (Phi) is 6.42. The van der Waals surface area contributed by atoms with E-state index < -0.39 is 0 Å². The van der Waals surface area contributed by atoms with Crippen molar-refractivity contribution < 1.29 is 9.90 Å². The number of halogens is 2. The van der Waals surface area contributed by atoms with Gasteiger partial charge in [-0.3, -0.25) is 0 Å². The molecule has 0 aliphatic carbocycles. The van der Waals surface area contributed by atoms with Crippen LogP contribution in [0.15, 0.2) is 18.2 Å². The van der Waals surface area contributed by atoms with Crippen LogP contribution in [0.3, 0.4) is 0 Å². The van der Waals surface area contributed by atoms with Crippen LogP contribution >= 0.6 is 23.2 Å². The molecule has 0 fully saturated rings. The van der Waals surface area contributed by atoms with Crippen LogP contribution < -0.4 is 5.32 Å². The first-order chi connectivity index (χ1) is 8.99. The highest BCUT2D eigenvalue weighted by atomic mass is 35.5. The van der Waals surface area contributed by atoms with Crippen LogP contribution in [0.2, 0.25) is 10.0 Å². The van der Waals surface area contributed by atoms with Crippen LogP contribution in [0.25, 0.3) is 0 Å². The largest absolute Gasteiger partial charge is 0.395 e. The fourth-order valence-electron chi connectivity index (χ4n) is 1.73. The molecule has 4 nitrogen and oxygen atoms in total. The Hall–Kier alpha value is -0.970. The van der Waals surface area contributed by atoms with Crippen LogP contribution in [-0.2, 0) is 0 Å². The summed E-state index contributed by atoms with van der Waals surface area (Å²) in [5, 5.41) is 12.8. The van der Waals surface area contributed by atoms with E-state index in [0.717, 1.165) is 5.56 Å². The Morgan fingerprint density at radius 2 is 2.16 bits per heavy atom. The van der Waals surface area contributed by atoms with Crippen molar-refractivity contribution in [1.29, 1.82) is 0 Å². The Bertz CT molecular complexity index is 441. The summed E-state index contributed by atoms with van der Waals surface area (Å²) in [6.07, 6.45) is 0. The van der Waals surface area contributed by atoms with Crippen molar-refractivity contribution in [3.8, 4) is 0 Å². The molecule has 0 aromatic heterocycles. The van der Waals surface area contributed by atoms with E-state index in [0.29, 0.717) is 23.1 Å². The smallest absolute Gasteiger partial charge is 0.317 e. The minimum Gasteiger partial charge on any atom is -0.395 e. The molecule has 0 unspecified atom stereocenters. The summed E-state index contributed by atoms with van der Waals surface area (Å²) in [5.74, 6) is 0. The Labute approximate surface area is 123 Å². The molecule has 0 saturated carbocycles. The average Bonchev–Trinajstić information content (AvgIpc) is 2.35. The summed E-state index contributed by atoms with van der Waals surface area (Å²) >= 11 is 11.9. The maximum absolute atomic E-state index is 12.0. The van der Waals surface area contributed by atoms with E-state index in [2.05, 4.69) is 5.32 Å². The molecule has 0 radical (unpaired) electrons. The van der Waals surface area contributed by atoms with E-state index in [1.807, 2.05) is 13.8 Å². The third kappa shape index (κ3) is 4.56. The first kappa shape index (κ1) is 16.1. The van der Waals surface area contributed by atoms with Crippen molar-refractivity contribution >= 4 is 29.2 Å². The van der Waals surface area contributed by atoms with E-state index in [1.165, 1.54) is 4.90 Å². The zero-order chi connectivity index (χ0) is 14.4. The van der Waals surface area contributed by atoms with Crippen molar-refractivity contribution in [2.45, 2.75) is 19.9 Å². The van der Waals surface area contributed by atoms with Crippen molar-refractivity contribution in [1.82, 2.24) is 10.2 Å².